The molecule has 0 spiro atoms. The van der Waals surface area contributed by atoms with Crippen LogP contribution in [0.4, 0.5) is 0 Å². The van der Waals surface area contributed by atoms with E-state index in [9.17, 15) is 0 Å². The molecular formula is C15H28N2. The lowest BCUT2D eigenvalue weighted by atomic mass is 9.83. The molecule has 2 atom stereocenters. The van der Waals surface area contributed by atoms with E-state index in [1.807, 2.05) is 0 Å². The topological polar surface area (TPSA) is 29.3 Å². The molecule has 3 rings (SSSR count). The molecule has 0 saturated heterocycles. The fourth-order valence-corrected chi connectivity index (χ4v) is 3.55. The molecule has 3 saturated carbocycles. The predicted octanol–water partition coefficient (Wildman–Crippen LogP) is 2.63. The molecule has 3 aliphatic rings. The molecule has 2 unspecified atom stereocenters. The summed E-state index contributed by atoms with van der Waals surface area (Å²) < 4.78 is 0. The molecule has 0 aromatic heterocycles. The van der Waals surface area contributed by atoms with Gasteiger partial charge in [0.2, 0.25) is 0 Å². The summed E-state index contributed by atoms with van der Waals surface area (Å²) in [5.74, 6) is 2.87. The lowest BCUT2D eigenvalue weighted by Gasteiger charge is -2.40. The highest BCUT2D eigenvalue weighted by Crippen LogP contribution is 2.37. The Kier molecular flexibility index (Phi) is 3.72. The maximum atomic E-state index is 6.00. The van der Waals surface area contributed by atoms with E-state index < -0.39 is 0 Å². The molecule has 0 aromatic rings. The molecule has 0 bridgehead atoms. The summed E-state index contributed by atoms with van der Waals surface area (Å²) in [6, 6.07) is 0.829. The van der Waals surface area contributed by atoms with E-state index in [1.54, 1.807) is 0 Å². The van der Waals surface area contributed by atoms with Crippen molar-refractivity contribution in [2.24, 2.45) is 23.5 Å². The van der Waals surface area contributed by atoms with E-state index in [2.05, 4.69) is 4.90 Å². The monoisotopic (exact) mass is 236 g/mol. The highest BCUT2D eigenvalue weighted by Gasteiger charge is 2.36. The summed E-state index contributed by atoms with van der Waals surface area (Å²) in [5, 5.41) is 0. The molecule has 3 fully saturated rings. The highest BCUT2D eigenvalue weighted by atomic mass is 15.2. The fourth-order valence-electron chi connectivity index (χ4n) is 3.55. The van der Waals surface area contributed by atoms with Gasteiger partial charge in [-0.15, -0.1) is 0 Å². The summed E-state index contributed by atoms with van der Waals surface area (Å²) in [4.78, 5) is 2.85. The third kappa shape index (κ3) is 3.23. The quantitative estimate of drug-likeness (QED) is 0.768. The fraction of sp³-hybridized carbons (Fsp3) is 1.00. The van der Waals surface area contributed by atoms with E-state index in [1.165, 1.54) is 64.5 Å². The van der Waals surface area contributed by atoms with Gasteiger partial charge < -0.3 is 5.73 Å². The highest BCUT2D eigenvalue weighted by molar-refractivity contribution is 4.90. The van der Waals surface area contributed by atoms with Gasteiger partial charge >= 0.3 is 0 Å². The largest absolute Gasteiger partial charge is 0.330 e. The third-order valence-corrected chi connectivity index (χ3v) is 5.02. The summed E-state index contributed by atoms with van der Waals surface area (Å²) in [7, 11) is 0. The van der Waals surface area contributed by atoms with Crippen molar-refractivity contribution in [2.45, 2.75) is 57.4 Å². The van der Waals surface area contributed by atoms with Crippen molar-refractivity contribution in [2.75, 3.05) is 19.6 Å². The van der Waals surface area contributed by atoms with E-state index in [0.29, 0.717) is 0 Å². The van der Waals surface area contributed by atoms with Gasteiger partial charge in [-0.3, -0.25) is 4.90 Å². The standard InChI is InChI=1S/C15H28N2/c16-9-14-3-1-2-4-15(14)17(10-12-5-6-12)11-13-7-8-13/h12-15H,1-11,16H2. The summed E-state index contributed by atoms with van der Waals surface area (Å²) in [5.41, 5.74) is 6.00. The van der Waals surface area contributed by atoms with Crippen molar-refractivity contribution in [3.8, 4) is 0 Å². The van der Waals surface area contributed by atoms with Crippen molar-refractivity contribution in [1.29, 1.82) is 0 Å². The Morgan fingerprint density at radius 2 is 1.41 bits per heavy atom. The Balaban J connectivity index is 1.61. The van der Waals surface area contributed by atoms with Crippen molar-refractivity contribution in [1.82, 2.24) is 4.90 Å². The molecule has 0 amide bonds. The number of hydrogen-bond acceptors (Lipinski definition) is 2. The van der Waals surface area contributed by atoms with Gasteiger partial charge in [-0.05, 0) is 62.8 Å². The van der Waals surface area contributed by atoms with Crippen molar-refractivity contribution in [3.05, 3.63) is 0 Å². The molecule has 3 aliphatic carbocycles. The Bertz CT molecular complexity index is 231. The molecule has 2 heteroatoms. The van der Waals surface area contributed by atoms with Crippen LogP contribution in [0.3, 0.4) is 0 Å². The number of nitrogens with two attached hydrogens (primary N) is 1. The average molecular weight is 236 g/mol. The first kappa shape index (κ1) is 12.0. The van der Waals surface area contributed by atoms with Gasteiger partial charge in [0.05, 0.1) is 0 Å². The number of hydrogen-bond donors (Lipinski definition) is 1. The van der Waals surface area contributed by atoms with E-state index in [0.717, 1.165) is 30.3 Å². The Labute approximate surface area is 106 Å². The zero-order valence-electron chi connectivity index (χ0n) is 11.1. The van der Waals surface area contributed by atoms with E-state index in [4.69, 9.17) is 5.73 Å². The smallest absolute Gasteiger partial charge is 0.0136 e. The van der Waals surface area contributed by atoms with Gasteiger partial charge in [0, 0.05) is 19.1 Å². The van der Waals surface area contributed by atoms with Gasteiger partial charge in [0.15, 0.2) is 0 Å². The van der Waals surface area contributed by atoms with Crippen LogP contribution in [0.2, 0.25) is 0 Å². The van der Waals surface area contributed by atoms with Crippen LogP contribution >= 0.6 is 0 Å². The second kappa shape index (κ2) is 5.27. The molecule has 98 valence electrons. The maximum Gasteiger partial charge on any atom is 0.0136 e. The number of rotatable bonds is 6. The van der Waals surface area contributed by atoms with Crippen LogP contribution in [0.15, 0.2) is 0 Å². The van der Waals surface area contributed by atoms with Crippen molar-refractivity contribution in [3.63, 3.8) is 0 Å². The molecule has 0 aliphatic heterocycles. The molecule has 0 radical (unpaired) electrons. The number of nitrogens with zero attached hydrogens (tertiary/aromatic N) is 1. The van der Waals surface area contributed by atoms with Crippen molar-refractivity contribution < 1.29 is 0 Å². The van der Waals surface area contributed by atoms with Crippen molar-refractivity contribution >= 4 is 0 Å². The van der Waals surface area contributed by atoms with Gasteiger partial charge in [0.1, 0.15) is 0 Å². The van der Waals surface area contributed by atoms with Crippen LogP contribution in [0.25, 0.3) is 0 Å². The van der Waals surface area contributed by atoms with Gasteiger partial charge in [-0.25, -0.2) is 0 Å². The zero-order valence-corrected chi connectivity index (χ0v) is 11.1. The van der Waals surface area contributed by atoms with E-state index >= 15 is 0 Å². The summed E-state index contributed by atoms with van der Waals surface area (Å²) in [6.45, 7) is 3.69. The van der Waals surface area contributed by atoms with Gasteiger partial charge in [-0.2, -0.15) is 0 Å². The van der Waals surface area contributed by atoms with Gasteiger partial charge in [0.25, 0.3) is 0 Å². The Morgan fingerprint density at radius 1 is 0.824 bits per heavy atom. The third-order valence-electron chi connectivity index (χ3n) is 5.02. The first-order chi connectivity index (χ1) is 8.36. The molecule has 2 nitrogen and oxygen atoms in total. The molecule has 0 heterocycles. The summed E-state index contributed by atoms with van der Waals surface area (Å²) in [6.07, 6.45) is 11.6. The minimum absolute atomic E-state index is 0.793. The van der Waals surface area contributed by atoms with Crippen LogP contribution in [0.5, 0.6) is 0 Å². The average Bonchev–Trinajstić information content (AvgIpc) is 3.23. The lowest BCUT2D eigenvalue weighted by molar-refractivity contribution is 0.0971. The maximum absolute atomic E-state index is 6.00. The normalized spacial score (nSPS) is 34.2. The van der Waals surface area contributed by atoms with Gasteiger partial charge in [-0.1, -0.05) is 12.8 Å². The predicted molar refractivity (Wildman–Crippen MR) is 71.8 cm³/mol. The molecule has 2 N–H and O–H groups in total. The minimum Gasteiger partial charge on any atom is -0.330 e. The Hall–Kier alpha value is -0.0800. The Morgan fingerprint density at radius 3 is 1.94 bits per heavy atom. The molecule has 0 aromatic carbocycles. The molecular weight excluding hydrogens is 208 g/mol. The van der Waals surface area contributed by atoms with Crippen LogP contribution in [0, 0.1) is 17.8 Å². The molecule has 17 heavy (non-hydrogen) atoms. The van der Waals surface area contributed by atoms with Crippen LogP contribution in [-0.2, 0) is 0 Å². The summed E-state index contributed by atoms with van der Waals surface area (Å²) >= 11 is 0. The second-order valence-corrected chi connectivity index (χ2v) is 6.69. The zero-order chi connectivity index (χ0) is 11.7. The minimum atomic E-state index is 0.793. The van der Waals surface area contributed by atoms with Crippen LogP contribution in [0.1, 0.15) is 51.4 Å². The second-order valence-electron chi connectivity index (χ2n) is 6.69. The lowest BCUT2D eigenvalue weighted by Crippen LogP contribution is -2.46. The SMILES string of the molecule is NCC1CCCCC1N(CC1CC1)CC1CC1. The first-order valence-corrected chi connectivity index (χ1v) is 7.81. The van der Waals surface area contributed by atoms with E-state index in [-0.39, 0.29) is 0 Å². The van der Waals surface area contributed by atoms with Crippen LogP contribution in [-0.4, -0.2) is 30.6 Å². The first-order valence-electron chi connectivity index (χ1n) is 7.81. The van der Waals surface area contributed by atoms with Crippen LogP contribution < -0.4 is 5.73 Å².